The third-order valence-electron chi connectivity index (χ3n) is 4.72. The molecule has 0 atom stereocenters. The van der Waals surface area contributed by atoms with Crippen LogP contribution in [0.15, 0.2) is 17.0 Å². The van der Waals surface area contributed by atoms with Crippen LogP contribution in [0, 0.1) is 20.8 Å². The lowest BCUT2D eigenvalue weighted by Gasteiger charge is -2.29. The van der Waals surface area contributed by atoms with Crippen LogP contribution in [-0.2, 0) is 14.8 Å². The van der Waals surface area contributed by atoms with Gasteiger partial charge in [-0.25, -0.2) is 8.42 Å². The van der Waals surface area contributed by atoms with Crippen molar-refractivity contribution in [2.24, 2.45) is 0 Å². The number of carbonyl (C=O) groups excluding carboxylic acids is 1. The Morgan fingerprint density at radius 1 is 1.12 bits per heavy atom. The quantitative estimate of drug-likeness (QED) is 0.782. The molecule has 1 aliphatic heterocycles. The number of nitrogens with one attached hydrogen (secondary N) is 1. The van der Waals surface area contributed by atoms with E-state index in [2.05, 4.69) is 5.32 Å². The summed E-state index contributed by atoms with van der Waals surface area (Å²) in [5.74, 6) is 0.0279. The summed E-state index contributed by atoms with van der Waals surface area (Å²) >= 11 is 0. The van der Waals surface area contributed by atoms with E-state index in [0.717, 1.165) is 29.8 Å². The SMILES string of the molecule is CCCN(CCC(=O)N1CCNCC1)S(=O)(=O)c1c(C)cc(C)cc1C. The first-order valence-electron chi connectivity index (χ1n) is 9.34. The maximum Gasteiger partial charge on any atom is 0.243 e. The van der Waals surface area contributed by atoms with E-state index in [4.69, 9.17) is 0 Å². The van der Waals surface area contributed by atoms with Crippen molar-refractivity contribution in [3.63, 3.8) is 0 Å². The fourth-order valence-electron chi connectivity index (χ4n) is 3.60. The number of nitrogens with zero attached hydrogens (tertiary/aromatic N) is 2. The highest BCUT2D eigenvalue weighted by molar-refractivity contribution is 7.89. The molecule has 1 aromatic rings. The number of hydrogen-bond acceptors (Lipinski definition) is 4. The molecule has 2 rings (SSSR count). The molecular weight excluding hydrogens is 350 g/mol. The van der Waals surface area contributed by atoms with E-state index >= 15 is 0 Å². The van der Waals surface area contributed by atoms with Crippen LogP contribution in [0.5, 0.6) is 0 Å². The third-order valence-corrected chi connectivity index (χ3v) is 6.93. The Hall–Kier alpha value is -1.44. The highest BCUT2D eigenvalue weighted by Crippen LogP contribution is 2.25. The van der Waals surface area contributed by atoms with Crippen molar-refractivity contribution in [2.45, 2.75) is 45.4 Å². The van der Waals surface area contributed by atoms with E-state index in [9.17, 15) is 13.2 Å². The minimum absolute atomic E-state index is 0.0279. The van der Waals surface area contributed by atoms with Crippen molar-refractivity contribution >= 4 is 15.9 Å². The van der Waals surface area contributed by atoms with Gasteiger partial charge in [0.1, 0.15) is 0 Å². The van der Waals surface area contributed by atoms with Gasteiger partial charge in [0.05, 0.1) is 4.90 Å². The van der Waals surface area contributed by atoms with Gasteiger partial charge in [-0.3, -0.25) is 4.79 Å². The molecule has 26 heavy (non-hydrogen) atoms. The van der Waals surface area contributed by atoms with E-state index in [1.54, 1.807) is 0 Å². The molecule has 1 amide bonds. The van der Waals surface area contributed by atoms with Crippen molar-refractivity contribution in [3.05, 3.63) is 28.8 Å². The Balaban J connectivity index is 2.18. The highest BCUT2D eigenvalue weighted by atomic mass is 32.2. The fraction of sp³-hybridized carbons (Fsp3) is 0.632. The number of hydrogen-bond donors (Lipinski definition) is 1. The Kier molecular flexibility index (Phi) is 7.20. The predicted octanol–water partition coefficient (Wildman–Crippen LogP) is 1.83. The number of rotatable bonds is 7. The van der Waals surface area contributed by atoms with E-state index in [-0.39, 0.29) is 18.9 Å². The average molecular weight is 382 g/mol. The maximum absolute atomic E-state index is 13.3. The van der Waals surface area contributed by atoms with Crippen molar-refractivity contribution in [1.29, 1.82) is 0 Å². The molecule has 1 fully saturated rings. The smallest absolute Gasteiger partial charge is 0.243 e. The Labute approximate surface area is 157 Å². The van der Waals surface area contributed by atoms with Gasteiger partial charge in [-0.15, -0.1) is 0 Å². The molecule has 6 nitrogen and oxygen atoms in total. The first-order chi connectivity index (χ1) is 12.3. The van der Waals surface area contributed by atoms with Crippen LogP contribution in [0.3, 0.4) is 0 Å². The molecule has 0 saturated carbocycles. The van der Waals surface area contributed by atoms with Gasteiger partial charge in [0.2, 0.25) is 15.9 Å². The molecule has 146 valence electrons. The van der Waals surface area contributed by atoms with Gasteiger partial charge in [-0.2, -0.15) is 4.31 Å². The van der Waals surface area contributed by atoms with E-state index in [1.807, 2.05) is 44.7 Å². The molecule has 0 bridgehead atoms. The molecule has 1 saturated heterocycles. The monoisotopic (exact) mass is 381 g/mol. The Morgan fingerprint density at radius 2 is 1.69 bits per heavy atom. The molecular formula is C19H31N3O3S. The number of benzene rings is 1. The van der Waals surface area contributed by atoms with Crippen LogP contribution in [0.2, 0.25) is 0 Å². The zero-order valence-corrected chi connectivity index (χ0v) is 17.2. The summed E-state index contributed by atoms with van der Waals surface area (Å²) in [5, 5.41) is 3.22. The number of piperazine rings is 1. The summed E-state index contributed by atoms with van der Waals surface area (Å²) in [7, 11) is -3.62. The lowest BCUT2D eigenvalue weighted by molar-refractivity contribution is -0.131. The molecule has 0 aromatic heterocycles. The van der Waals surface area contributed by atoms with Gasteiger partial charge in [0, 0.05) is 45.7 Å². The van der Waals surface area contributed by atoms with E-state index < -0.39 is 10.0 Å². The van der Waals surface area contributed by atoms with Crippen LogP contribution < -0.4 is 5.32 Å². The van der Waals surface area contributed by atoms with Crippen LogP contribution >= 0.6 is 0 Å². The molecule has 0 spiro atoms. The van der Waals surface area contributed by atoms with Gasteiger partial charge >= 0.3 is 0 Å². The maximum atomic E-state index is 13.3. The summed E-state index contributed by atoms with van der Waals surface area (Å²) in [4.78, 5) is 14.6. The minimum atomic E-state index is -3.62. The molecule has 1 N–H and O–H groups in total. The largest absolute Gasteiger partial charge is 0.340 e. The molecule has 0 radical (unpaired) electrons. The van der Waals surface area contributed by atoms with Gasteiger partial charge in [0.25, 0.3) is 0 Å². The van der Waals surface area contributed by atoms with E-state index in [0.29, 0.717) is 31.0 Å². The Morgan fingerprint density at radius 3 is 2.23 bits per heavy atom. The van der Waals surface area contributed by atoms with E-state index in [1.165, 1.54) is 4.31 Å². The van der Waals surface area contributed by atoms with Crippen LogP contribution in [0.4, 0.5) is 0 Å². The normalized spacial score (nSPS) is 15.5. The van der Waals surface area contributed by atoms with Gasteiger partial charge in [-0.1, -0.05) is 24.6 Å². The average Bonchev–Trinajstić information content (AvgIpc) is 2.57. The third kappa shape index (κ3) is 4.84. The zero-order chi connectivity index (χ0) is 19.3. The molecule has 0 unspecified atom stereocenters. The van der Waals surface area contributed by atoms with Crippen molar-refractivity contribution in [2.75, 3.05) is 39.3 Å². The molecule has 0 aliphatic carbocycles. The number of carbonyl (C=O) groups is 1. The fourth-order valence-corrected chi connectivity index (χ4v) is 5.54. The zero-order valence-electron chi connectivity index (χ0n) is 16.3. The second-order valence-electron chi connectivity index (χ2n) is 7.01. The summed E-state index contributed by atoms with van der Waals surface area (Å²) in [5.41, 5.74) is 2.57. The molecule has 1 aromatic carbocycles. The minimum Gasteiger partial charge on any atom is -0.340 e. The summed E-state index contributed by atoms with van der Waals surface area (Å²) in [6, 6.07) is 3.80. The molecule has 1 aliphatic rings. The summed E-state index contributed by atoms with van der Waals surface area (Å²) < 4.78 is 28.0. The van der Waals surface area contributed by atoms with Crippen LogP contribution in [-0.4, -0.2) is 62.8 Å². The van der Waals surface area contributed by atoms with Crippen molar-refractivity contribution in [1.82, 2.24) is 14.5 Å². The van der Waals surface area contributed by atoms with Crippen LogP contribution in [0.25, 0.3) is 0 Å². The van der Waals surface area contributed by atoms with Gasteiger partial charge in [0.15, 0.2) is 0 Å². The van der Waals surface area contributed by atoms with Gasteiger partial charge in [-0.05, 0) is 38.3 Å². The first-order valence-corrected chi connectivity index (χ1v) is 10.8. The Bertz CT molecular complexity index is 717. The predicted molar refractivity (Wildman–Crippen MR) is 104 cm³/mol. The second-order valence-corrected chi connectivity index (χ2v) is 8.89. The highest BCUT2D eigenvalue weighted by Gasteiger charge is 2.28. The number of amides is 1. The summed E-state index contributed by atoms with van der Waals surface area (Å²) in [6.45, 7) is 11.2. The first kappa shape index (κ1) is 20.9. The summed E-state index contributed by atoms with van der Waals surface area (Å²) in [6.07, 6.45) is 0.939. The molecule has 1 heterocycles. The molecule has 7 heteroatoms. The number of aryl methyl sites for hydroxylation is 3. The van der Waals surface area contributed by atoms with Crippen molar-refractivity contribution < 1.29 is 13.2 Å². The second kappa shape index (κ2) is 8.97. The topological polar surface area (TPSA) is 69.7 Å². The lowest BCUT2D eigenvalue weighted by atomic mass is 10.1. The van der Waals surface area contributed by atoms with Crippen LogP contribution in [0.1, 0.15) is 36.5 Å². The standard InChI is InChI=1S/C19H31N3O3S/c1-5-9-22(10-6-18(23)21-11-7-20-8-12-21)26(24,25)19-16(3)13-15(2)14-17(19)4/h13-14,20H,5-12H2,1-4H3. The number of sulfonamides is 1. The van der Waals surface area contributed by atoms with Gasteiger partial charge < -0.3 is 10.2 Å². The lowest BCUT2D eigenvalue weighted by Crippen LogP contribution is -2.47. The van der Waals surface area contributed by atoms with Crippen molar-refractivity contribution in [3.8, 4) is 0 Å².